The van der Waals surface area contributed by atoms with Crippen molar-refractivity contribution < 1.29 is 0 Å². The third kappa shape index (κ3) is 3.70. The lowest BCUT2D eigenvalue weighted by atomic mass is 10.1. The van der Waals surface area contributed by atoms with E-state index in [-0.39, 0.29) is 0 Å². The van der Waals surface area contributed by atoms with Crippen LogP contribution in [0, 0.1) is 13.8 Å². The molecule has 0 aromatic carbocycles. The molecular formula is C16H24N2S2. The molecule has 0 bridgehead atoms. The van der Waals surface area contributed by atoms with E-state index in [0.717, 1.165) is 38.8 Å². The molecule has 2 heterocycles. The molecule has 2 aromatic heterocycles. The van der Waals surface area contributed by atoms with E-state index in [0.29, 0.717) is 0 Å². The van der Waals surface area contributed by atoms with Crippen LogP contribution in [0.3, 0.4) is 0 Å². The fourth-order valence-corrected chi connectivity index (χ4v) is 5.03. The second-order valence-electron chi connectivity index (χ2n) is 5.23. The third-order valence-electron chi connectivity index (χ3n) is 3.40. The highest BCUT2D eigenvalue weighted by Crippen LogP contribution is 2.40. The van der Waals surface area contributed by atoms with Gasteiger partial charge in [-0.3, -0.25) is 0 Å². The van der Waals surface area contributed by atoms with Crippen LogP contribution < -0.4 is 11.5 Å². The largest absolute Gasteiger partial charge is 0.330 e. The van der Waals surface area contributed by atoms with E-state index < -0.39 is 0 Å². The van der Waals surface area contributed by atoms with Crippen molar-refractivity contribution in [1.29, 1.82) is 0 Å². The molecule has 0 saturated heterocycles. The Kier molecular flexibility index (Phi) is 5.78. The molecule has 0 aliphatic rings. The molecule has 2 nitrogen and oxygen atoms in total. The minimum absolute atomic E-state index is 0.771. The Morgan fingerprint density at radius 3 is 1.55 bits per heavy atom. The first kappa shape index (κ1) is 15.7. The molecule has 0 amide bonds. The van der Waals surface area contributed by atoms with Crippen molar-refractivity contribution in [3.8, 4) is 9.75 Å². The summed E-state index contributed by atoms with van der Waals surface area (Å²) in [5.41, 5.74) is 14.0. The zero-order valence-corrected chi connectivity index (χ0v) is 14.0. The zero-order valence-electron chi connectivity index (χ0n) is 12.4. The van der Waals surface area contributed by atoms with E-state index in [2.05, 4.69) is 26.0 Å². The monoisotopic (exact) mass is 308 g/mol. The summed E-state index contributed by atoms with van der Waals surface area (Å²) in [6, 6.07) is 4.66. The molecule has 0 unspecified atom stereocenters. The van der Waals surface area contributed by atoms with Gasteiger partial charge in [-0.2, -0.15) is 0 Å². The van der Waals surface area contributed by atoms with E-state index in [4.69, 9.17) is 11.5 Å². The summed E-state index contributed by atoms with van der Waals surface area (Å²) < 4.78 is 0. The molecule has 4 heteroatoms. The number of hydrogen-bond acceptors (Lipinski definition) is 4. The zero-order chi connectivity index (χ0) is 14.5. The quantitative estimate of drug-likeness (QED) is 0.815. The highest BCUT2D eigenvalue weighted by atomic mass is 32.1. The van der Waals surface area contributed by atoms with E-state index in [1.54, 1.807) is 0 Å². The van der Waals surface area contributed by atoms with Gasteiger partial charge in [0, 0.05) is 19.5 Å². The summed E-state index contributed by atoms with van der Waals surface area (Å²) in [5.74, 6) is 0. The predicted octanol–water partition coefficient (Wildman–Crippen LogP) is 3.88. The van der Waals surface area contributed by atoms with Crippen LogP contribution in [0.15, 0.2) is 12.1 Å². The molecule has 20 heavy (non-hydrogen) atoms. The van der Waals surface area contributed by atoms with Crippen LogP contribution in [-0.2, 0) is 12.8 Å². The summed E-state index contributed by atoms with van der Waals surface area (Å²) in [6.07, 6.45) is 4.36. The lowest BCUT2D eigenvalue weighted by molar-refractivity contribution is 0.843. The highest BCUT2D eigenvalue weighted by Gasteiger charge is 2.13. The Balaban J connectivity index is 2.22. The first-order valence-corrected chi connectivity index (χ1v) is 8.88. The second-order valence-corrected chi connectivity index (χ2v) is 7.51. The lowest BCUT2D eigenvalue weighted by Crippen LogP contribution is -1.99. The molecule has 2 rings (SSSR count). The molecule has 0 radical (unpaired) electrons. The molecule has 0 atom stereocenters. The number of nitrogens with two attached hydrogens (primary N) is 2. The standard InChI is InChI=1S/C16H24N2S2/c1-11-9-13(5-3-7-17)19-15(11)16-12(2)10-14(20-16)6-4-8-18/h9-10H,3-8,17-18H2,1-2H3. The minimum Gasteiger partial charge on any atom is -0.330 e. The Morgan fingerprint density at radius 1 is 0.800 bits per heavy atom. The van der Waals surface area contributed by atoms with Crippen molar-refractivity contribution >= 4 is 22.7 Å². The summed E-state index contributed by atoms with van der Waals surface area (Å²) >= 11 is 3.87. The smallest absolute Gasteiger partial charge is 0.0477 e. The number of hydrogen-bond donors (Lipinski definition) is 2. The van der Waals surface area contributed by atoms with Gasteiger partial charge in [-0.1, -0.05) is 0 Å². The third-order valence-corrected chi connectivity index (χ3v) is 6.16. The van der Waals surface area contributed by atoms with E-state index >= 15 is 0 Å². The van der Waals surface area contributed by atoms with Crippen LogP contribution in [-0.4, -0.2) is 13.1 Å². The van der Waals surface area contributed by atoms with Crippen molar-refractivity contribution in [1.82, 2.24) is 0 Å². The van der Waals surface area contributed by atoms with Gasteiger partial charge in [-0.25, -0.2) is 0 Å². The molecule has 0 aliphatic heterocycles. The van der Waals surface area contributed by atoms with E-state index in [9.17, 15) is 0 Å². The van der Waals surface area contributed by atoms with Crippen LogP contribution in [0.2, 0.25) is 0 Å². The van der Waals surface area contributed by atoms with Gasteiger partial charge in [0.25, 0.3) is 0 Å². The normalized spacial score (nSPS) is 11.2. The van der Waals surface area contributed by atoms with Crippen LogP contribution >= 0.6 is 22.7 Å². The van der Waals surface area contributed by atoms with Gasteiger partial charge in [0.15, 0.2) is 0 Å². The van der Waals surface area contributed by atoms with Gasteiger partial charge in [-0.15, -0.1) is 22.7 Å². The Morgan fingerprint density at radius 2 is 1.20 bits per heavy atom. The lowest BCUT2D eigenvalue weighted by Gasteiger charge is -1.97. The molecular weight excluding hydrogens is 284 g/mol. The number of rotatable bonds is 7. The summed E-state index contributed by atoms with van der Waals surface area (Å²) in [6.45, 7) is 5.98. The molecule has 0 saturated carbocycles. The molecule has 4 N–H and O–H groups in total. The van der Waals surface area contributed by atoms with Gasteiger partial charge < -0.3 is 11.5 Å². The first-order valence-electron chi connectivity index (χ1n) is 7.24. The maximum Gasteiger partial charge on any atom is 0.0477 e. The first-order chi connectivity index (χ1) is 9.65. The SMILES string of the molecule is Cc1cc(CCCN)sc1-c1sc(CCCN)cc1C. The highest BCUT2D eigenvalue weighted by molar-refractivity contribution is 7.22. The Labute approximate surface area is 129 Å². The molecule has 110 valence electrons. The maximum absolute atomic E-state index is 5.60. The summed E-state index contributed by atoms with van der Waals surface area (Å²) in [4.78, 5) is 5.80. The fourth-order valence-electron chi connectivity index (χ4n) is 2.35. The fraction of sp³-hybridized carbons (Fsp3) is 0.500. The van der Waals surface area contributed by atoms with Crippen molar-refractivity contribution in [2.24, 2.45) is 11.5 Å². The summed E-state index contributed by atoms with van der Waals surface area (Å²) in [7, 11) is 0. The van der Waals surface area contributed by atoms with Gasteiger partial charge in [0.05, 0.1) is 0 Å². The van der Waals surface area contributed by atoms with Crippen LogP contribution in [0.25, 0.3) is 9.75 Å². The Bertz CT molecular complexity index is 505. The average molecular weight is 309 g/mol. The number of thiophene rings is 2. The van der Waals surface area contributed by atoms with Gasteiger partial charge in [0.2, 0.25) is 0 Å². The Hall–Kier alpha value is -0.680. The second kappa shape index (κ2) is 7.36. The topological polar surface area (TPSA) is 52.0 Å². The molecule has 0 aliphatic carbocycles. The van der Waals surface area contributed by atoms with Crippen molar-refractivity contribution in [3.05, 3.63) is 33.0 Å². The molecule has 0 spiro atoms. The molecule has 2 aromatic rings. The van der Waals surface area contributed by atoms with Crippen LogP contribution in [0.5, 0.6) is 0 Å². The molecule has 0 fully saturated rings. The van der Waals surface area contributed by atoms with Crippen molar-refractivity contribution in [2.75, 3.05) is 13.1 Å². The average Bonchev–Trinajstić information content (AvgIpc) is 2.97. The van der Waals surface area contributed by atoms with Gasteiger partial charge in [-0.05, 0) is 75.9 Å². The summed E-state index contributed by atoms with van der Waals surface area (Å²) in [5, 5.41) is 0. The van der Waals surface area contributed by atoms with Crippen molar-refractivity contribution in [3.63, 3.8) is 0 Å². The van der Waals surface area contributed by atoms with E-state index in [1.807, 2.05) is 22.7 Å². The van der Waals surface area contributed by atoms with E-state index in [1.165, 1.54) is 30.6 Å². The van der Waals surface area contributed by atoms with Crippen LogP contribution in [0.4, 0.5) is 0 Å². The van der Waals surface area contributed by atoms with Gasteiger partial charge >= 0.3 is 0 Å². The minimum atomic E-state index is 0.771. The van der Waals surface area contributed by atoms with Crippen molar-refractivity contribution in [2.45, 2.75) is 39.5 Å². The maximum atomic E-state index is 5.60. The number of aryl methyl sites for hydroxylation is 4. The van der Waals surface area contributed by atoms with Gasteiger partial charge in [0.1, 0.15) is 0 Å². The predicted molar refractivity (Wildman–Crippen MR) is 91.9 cm³/mol. The van der Waals surface area contributed by atoms with Crippen LogP contribution in [0.1, 0.15) is 33.7 Å².